The molecular formula is C28H31N5O3. The summed E-state index contributed by atoms with van der Waals surface area (Å²) in [6, 6.07) is 17.4. The van der Waals surface area contributed by atoms with Gasteiger partial charge in [0, 0.05) is 18.8 Å². The fourth-order valence-corrected chi connectivity index (χ4v) is 4.87. The highest BCUT2D eigenvalue weighted by Gasteiger charge is 2.25. The molecular weight excluding hydrogens is 454 g/mol. The van der Waals surface area contributed by atoms with E-state index in [2.05, 4.69) is 18.8 Å². The molecule has 1 amide bonds. The third-order valence-corrected chi connectivity index (χ3v) is 6.82. The Kier molecular flexibility index (Phi) is 6.59. The van der Waals surface area contributed by atoms with Gasteiger partial charge in [-0.25, -0.2) is 14.3 Å². The van der Waals surface area contributed by atoms with E-state index in [0.717, 1.165) is 40.6 Å². The van der Waals surface area contributed by atoms with Crippen LogP contribution in [0.15, 0.2) is 70.5 Å². The Morgan fingerprint density at radius 3 is 2.53 bits per heavy atom. The summed E-state index contributed by atoms with van der Waals surface area (Å²) >= 11 is 0. The first kappa shape index (κ1) is 23.8. The van der Waals surface area contributed by atoms with Gasteiger partial charge in [0.1, 0.15) is 6.54 Å². The Morgan fingerprint density at radius 1 is 1.00 bits per heavy atom. The van der Waals surface area contributed by atoms with Crippen molar-refractivity contribution < 1.29 is 4.79 Å². The maximum Gasteiger partial charge on any atom is 0.333 e. The van der Waals surface area contributed by atoms with Gasteiger partial charge in [-0.2, -0.15) is 0 Å². The largest absolute Gasteiger partial charge is 0.333 e. The van der Waals surface area contributed by atoms with Gasteiger partial charge in [0.15, 0.2) is 11.2 Å². The molecule has 2 aromatic carbocycles. The number of aryl methyl sites for hydroxylation is 2. The standard InChI is InChI=1S/C28H31N5O3/c1-20(2)14-16-30-19-29-26-25(30)27(35)33(28(36)32(26)17-21-9-4-3-5-10-21)18-24(34)31-15-8-12-22-11-6-7-13-23(22)31/h3-7,9-11,13,19-20H,8,12,14-18H2,1-2H3. The molecule has 8 heteroatoms. The van der Waals surface area contributed by atoms with Gasteiger partial charge in [-0.05, 0) is 42.4 Å². The summed E-state index contributed by atoms with van der Waals surface area (Å²) in [6.45, 7) is 5.37. The van der Waals surface area contributed by atoms with Crippen LogP contribution in [0.1, 0.15) is 37.8 Å². The molecule has 1 aliphatic rings. The number of fused-ring (bicyclic) bond motifs is 2. The Labute approximate surface area is 209 Å². The van der Waals surface area contributed by atoms with Crippen LogP contribution < -0.4 is 16.1 Å². The highest BCUT2D eigenvalue weighted by molar-refractivity contribution is 5.94. The molecule has 0 aliphatic carbocycles. The molecule has 0 saturated heterocycles. The second kappa shape index (κ2) is 9.97. The zero-order valence-electron chi connectivity index (χ0n) is 20.8. The number of hydrogen-bond donors (Lipinski definition) is 0. The van der Waals surface area contributed by atoms with Crippen molar-refractivity contribution in [2.45, 2.75) is 52.7 Å². The van der Waals surface area contributed by atoms with Gasteiger partial charge in [0.2, 0.25) is 5.91 Å². The number of carbonyl (C=O) groups is 1. The minimum absolute atomic E-state index is 0.262. The molecule has 8 nitrogen and oxygen atoms in total. The van der Waals surface area contributed by atoms with Crippen molar-refractivity contribution in [3.63, 3.8) is 0 Å². The van der Waals surface area contributed by atoms with E-state index < -0.39 is 11.2 Å². The first-order valence-electron chi connectivity index (χ1n) is 12.5. The summed E-state index contributed by atoms with van der Waals surface area (Å²) in [5, 5.41) is 0. The van der Waals surface area contributed by atoms with Gasteiger partial charge in [-0.3, -0.25) is 14.2 Å². The van der Waals surface area contributed by atoms with Crippen molar-refractivity contribution in [3.05, 3.63) is 92.9 Å². The fraction of sp³-hybridized carbons (Fsp3) is 0.357. The molecule has 0 radical (unpaired) electrons. The number of benzene rings is 2. The number of imidazole rings is 1. The molecule has 3 heterocycles. The second-order valence-electron chi connectivity index (χ2n) is 9.82. The molecule has 0 unspecified atom stereocenters. The van der Waals surface area contributed by atoms with E-state index in [9.17, 15) is 14.4 Å². The van der Waals surface area contributed by atoms with Gasteiger partial charge in [0.25, 0.3) is 5.56 Å². The fourth-order valence-electron chi connectivity index (χ4n) is 4.87. The van der Waals surface area contributed by atoms with E-state index in [1.54, 1.807) is 11.2 Å². The number of carbonyl (C=O) groups excluding carboxylic acids is 1. The molecule has 0 spiro atoms. The first-order chi connectivity index (χ1) is 17.4. The molecule has 0 N–H and O–H groups in total. The van der Waals surface area contributed by atoms with E-state index in [1.807, 2.05) is 59.2 Å². The minimum atomic E-state index is -0.524. The molecule has 2 aromatic heterocycles. The number of hydrogen-bond acceptors (Lipinski definition) is 4. The Hall–Kier alpha value is -3.94. The maximum absolute atomic E-state index is 13.7. The van der Waals surface area contributed by atoms with Gasteiger partial charge < -0.3 is 9.47 Å². The summed E-state index contributed by atoms with van der Waals surface area (Å²) < 4.78 is 4.41. The Morgan fingerprint density at radius 2 is 1.75 bits per heavy atom. The SMILES string of the molecule is CC(C)CCn1cnc2c1c(=O)n(CC(=O)N1CCCc3ccccc31)c(=O)n2Cc1ccccc1. The van der Waals surface area contributed by atoms with E-state index in [-0.39, 0.29) is 19.0 Å². The van der Waals surface area contributed by atoms with Crippen LogP contribution in [-0.4, -0.2) is 31.1 Å². The predicted molar refractivity (Wildman–Crippen MR) is 140 cm³/mol. The smallest absolute Gasteiger partial charge is 0.325 e. The van der Waals surface area contributed by atoms with Crippen molar-refractivity contribution in [2.24, 2.45) is 5.92 Å². The van der Waals surface area contributed by atoms with Crippen LogP contribution in [0.25, 0.3) is 11.2 Å². The molecule has 36 heavy (non-hydrogen) atoms. The van der Waals surface area contributed by atoms with Crippen molar-refractivity contribution in [2.75, 3.05) is 11.4 Å². The Balaban J connectivity index is 1.60. The van der Waals surface area contributed by atoms with E-state index >= 15 is 0 Å². The lowest BCUT2D eigenvalue weighted by molar-refractivity contribution is -0.119. The molecule has 4 aromatic rings. The number of aromatic nitrogens is 4. The molecule has 5 rings (SSSR count). The molecule has 186 valence electrons. The van der Waals surface area contributed by atoms with Crippen LogP contribution in [0, 0.1) is 5.92 Å². The quantitative estimate of drug-likeness (QED) is 0.402. The van der Waals surface area contributed by atoms with Crippen molar-refractivity contribution >= 4 is 22.8 Å². The van der Waals surface area contributed by atoms with Crippen LogP contribution in [0.3, 0.4) is 0 Å². The number of para-hydroxylation sites is 1. The van der Waals surface area contributed by atoms with Gasteiger partial charge >= 0.3 is 5.69 Å². The van der Waals surface area contributed by atoms with E-state index in [0.29, 0.717) is 30.2 Å². The van der Waals surface area contributed by atoms with Crippen molar-refractivity contribution in [1.82, 2.24) is 18.7 Å². The van der Waals surface area contributed by atoms with Crippen LogP contribution >= 0.6 is 0 Å². The maximum atomic E-state index is 13.7. The number of nitrogens with zero attached hydrogens (tertiary/aromatic N) is 5. The third-order valence-electron chi connectivity index (χ3n) is 6.82. The summed E-state index contributed by atoms with van der Waals surface area (Å²) in [4.78, 5) is 47.0. The van der Waals surface area contributed by atoms with Crippen LogP contribution in [-0.2, 0) is 30.8 Å². The number of rotatable bonds is 7. The van der Waals surface area contributed by atoms with E-state index in [1.165, 1.54) is 4.57 Å². The Bertz CT molecular complexity index is 1510. The number of amides is 1. The molecule has 0 saturated carbocycles. The highest BCUT2D eigenvalue weighted by Crippen LogP contribution is 2.26. The minimum Gasteiger partial charge on any atom is -0.325 e. The summed E-state index contributed by atoms with van der Waals surface area (Å²) in [5.41, 5.74) is 2.59. The molecule has 0 bridgehead atoms. The van der Waals surface area contributed by atoms with E-state index in [4.69, 9.17) is 0 Å². The zero-order valence-corrected chi connectivity index (χ0v) is 20.8. The summed E-state index contributed by atoms with van der Waals surface area (Å²) in [5.74, 6) is 0.181. The first-order valence-corrected chi connectivity index (χ1v) is 12.5. The van der Waals surface area contributed by atoms with Crippen LogP contribution in [0.4, 0.5) is 5.69 Å². The molecule has 1 aliphatic heterocycles. The second-order valence-corrected chi connectivity index (χ2v) is 9.82. The average Bonchev–Trinajstić information content (AvgIpc) is 3.32. The lowest BCUT2D eigenvalue weighted by Gasteiger charge is -2.29. The van der Waals surface area contributed by atoms with Crippen molar-refractivity contribution in [1.29, 1.82) is 0 Å². The summed E-state index contributed by atoms with van der Waals surface area (Å²) in [7, 11) is 0. The van der Waals surface area contributed by atoms with Gasteiger partial charge in [-0.15, -0.1) is 0 Å². The average molecular weight is 486 g/mol. The zero-order chi connectivity index (χ0) is 25.2. The lowest BCUT2D eigenvalue weighted by Crippen LogP contribution is -2.46. The molecule has 0 fully saturated rings. The van der Waals surface area contributed by atoms with Crippen LogP contribution in [0.5, 0.6) is 0 Å². The predicted octanol–water partition coefficient (Wildman–Crippen LogP) is 3.43. The van der Waals surface area contributed by atoms with Crippen LogP contribution in [0.2, 0.25) is 0 Å². The summed E-state index contributed by atoms with van der Waals surface area (Å²) in [6.07, 6.45) is 4.25. The monoisotopic (exact) mass is 485 g/mol. The number of anilines is 1. The van der Waals surface area contributed by atoms with Gasteiger partial charge in [0.05, 0.1) is 12.9 Å². The normalized spacial score (nSPS) is 13.4. The lowest BCUT2D eigenvalue weighted by atomic mass is 10.0. The molecule has 0 atom stereocenters. The van der Waals surface area contributed by atoms with Gasteiger partial charge in [-0.1, -0.05) is 62.4 Å². The van der Waals surface area contributed by atoms with Crippen molar-refractivity contribution in [3.8, 4) is 0 Å². The third kappa shape index (κ3) is 4.51. The highest BCUT2D eigenvalue weighted by atomic mass is 16.2. The topological polar surface area (TPSA) is 82.1 Å².